The van der Waals surface area contributed by atoms with Gasteiger partial charge in [-0.05, 0) is 0 Å². The fourth-order valence-electron chi connectivity index (χ4n) is 0.723. The van der Waals surface area contributed by atoms with Crippen LogP contribution in [-0.4, -0.2) is 11.3 Å². The van der Waals surface area contributed by atoms with Gasteiger partial charge in [-0.25, -0.2) is 9.37 Å². The number of hydrogen-bond acceptors (Lipinski definition) is 2. The minimum atomic E-state index is -4.74. The predicted octanol–water partition coefficient (Wildman–Crippen LogP) is 2.05. The molecule has 1 aromatic rings. The molecule has 0 aliphatic heterocycles. The van der Waals surface area contributed by atoms with Crippen molar-refractivity contribution in [1.29, 1.82) is 0 Å². The zero-order valence-corrected chi connectivity index (χ0v) is 6.10. The first-order valence-electron chi connectivity index (χ1n) is 3.13. The van der Waals surface area contributed by atoms with E-state index in [1.807, 2.05) is 0 Å². The quantitative estimate of drug-likeness (QED) is 0.504. The Morgan fingerprint density at radius 2 is 1.92 bits per heavy atom. The maximum Gasteiger partial charge on any atom is 0.433 e. The van der Waals surface area contributed by atoms with Crippen molar-refractivity contribution in [3.8, 4) is 0 Å². The Morgan fingerprint density at radius 3 is 2.38 bits per heavy atom. The molecule has 1 heterocycles. The second kappa shape index (κ2) is 3.12. The average molecular weight is 193 g/mol. The third-order valence-corrected chi connectivity index (χ3v) is 1.22. The van der Waals surface area contributed by atoms with E-state index in [4.69, 9.17) is 0 Å². The summed E-state index contributed by atoms with van der Waals surface area (Å²) in [4.78, 5) is 12.9. The second-order valence-corrected chi connectivity index (χ2v) is 2.21. The van der Waals surface area contributed by atoms with Gasteiger partial charge in [-0.3, -0.25) is 4.79 Å². The average Bonchev–Trinajstić information content (AvgIpc) is 2.01. The number of carbonyl (C=O) groups is 1. The van der Waals surface area contributed by atoms with E-state index >= 15 is 0 Å². The van der Waals surface area contributed by atoms with E-state index in [-0.39, 0.29) is 12.4 Å². The number of halogens is 4. The first kappa shape index (κ1) is 9.63. The van der Waals surface area contributed by atoms with Gasteiger partial charge in [-0.1, -0.05) is 0 Å². The molecule has 0 spiro atoms. The molecule has 0 aromatic carbocycles. The van der Waals surface area contributed by atoms with Crippen LogP contribution in [0.2, 0.25) is 0 Å². The van der Waals surface area contributed by atoms with Gasteiger partial charge in [0, 0.05) is 12.1 Å². The molecule has 0 aliphatic carbocycles. The van der Waals surface area contributed by atoms with E-state index < -0.39 is 23.4 Å². The Balaban J connectivity index is 3.24. The lowest BCUT2D eigenvalue weighted by atomic mass is 10.3. The topological polar surface area (TPSA) is 30.0 Å². The van der Waals surface area contributed by atoms with Crippen LogP contribution in [0.4, 0.5) is 17.6 Å². The molecule has 0 amide bonds. The summed E-state index contributed by atoms with van der Waals surface area (Å²) < 4.78 is 48.3. The van der Waals surface area contributed by atoms with Crippen molar-refractivity contribution in [2.24, 2.45) is 0 Å². The van der Waals surface area contributed by atoms with Crippen molar-refractivity contribution < 1.29 is 22.4 Å². The van der Waals surface area contributed by atoms with Crippen LogP contribution in [0.1, 0.15) is 16.2 Å². The van der Waals surface area contributed by atoms with Crippen LogP contribution in [0, 0.1) is 5.82 Å². The number of carbonyl (C=O) groups excluding carboxylic acids is 1. The fraction of sp³-hybridized carbons (Fsp3) is 0.143. The van der Waals surface area contributed by atoms with Crippen LogP contribution < -0.4 is 0 Å². The van der Waals surface area contributed by atoms with Crippen molar-refractivity contribution in [2.75, 3.05) is 0 Å². The highest BCUT2D eigenvalue weighted by Gasteiger charge is 2.33. The highest BCUT2D eigenvalue weighted by atomic mass is 19.4. The standard InChI is InChI=1S/C7H3F4NO/c8-4-1-5(3-13)12-6(2-4)7(9,10)11/h1-3H. The van der Waals surface area contributed by atoms with Gasteiger partial charge in [0.15, 0.2) is 6.29 Å². The molecule has 0 bridgehead atoms. The third-order valence-electron chi connectivity index (χ3n) is 1.22. The number of alkyl halides is 3. The molecule has 1 aromatic heterocycles. The summed E-state index contributed by atoms with van der Waals surface area (Å²) in [5.74, 6) is -1.13. The van der Waals surface area contributed by atoms with Gasteiger partial charge in [0.1, 0.15) is 17.2 Å². The van der Waals surface area contributed by atoms with Gasteiger partial charge >= 0.3 is 6.18 Å². The van der Waals surface area contributed by atoms with Gasteiger partial charge in [0.05, 0.1) is 0 Å². The Hall–Kier alpha value is -1.46. The number of pyridine rings is 1. The van der Waals surface area contributed by atoms with Gasteiger partial charge in [0.25, 0.3) is 0 Å². The maximum absolute atomic E-state index is 12.4. The van der Waals surface area contributed by atoms with Crippen LogP contribution in [0.3, 0.4) is 0 Å². The number of aromatic nitrogens is 1. The SMILES string of the molecule is O=Cc1cc(F)cc(C(F)(F)F)n1. The minimum absolute atomic E-state index is 0.0539. The van der Waals surface area contributed by atoms with Crippen molar-refractivity contribution in [1.82, 2.24) is 4.98 Å². The molecule has 0 saturated heterocycles. The number of rotatable bonds is 1. The summed E-state index contributed by atoms with van der Waals surface area (Å²) in [5.41, 5.74) is -1.98. The molecule has 0 aliphatic rings. The van der Waals surface area contributed by atoms with E-state index in [1.165, 1.54) is 0 Å². The normalized spacial score (nSPS) is 11.4. The first-order valence-corrected chi connectivity index (χ1v) is 3.13. The molecule has 0 unspecified atom stereocenters. The maximum atomic E-state index is 12.4. The van der Waals surface area contributed by atoms with Gasteiger partial charge in [-0.15, -0.1) is 0 Å². The van der Waals surface area contributed by atoms with Crippen LogP contribution in [0.15, 0.2) is 12.1 Å². The van der Waals surface area contributed by atoms with Crippen molar-refractivity contribution >= 4 is 6.29 Å². The van der Waals surface area contributed by atoms with Gasteiger partial charge < -0.3 is 0 Å². The molecular weight excluding hydrogens is 190 g/mol. The molecule has 0 N–H and O–H groups in total. The monoisotopic (exact) mass is 193 g/mol. The summed E-state index contributed by atoms with van der Waals surface area (Å²) >= 11 is 0. The Bertz CT molecular complexity index is 334. The van der Waals surface area contributed by atoms with Crippen molar-refractivity contribution in [3.63, 3.8) is 0 Å². The van der Waals surface area contributed by atoms with Crippen molar-refractivity contribution in [3.05, 3.63) is 29.3 Å². The van der Waals surface area contributed by atoms with Crippen LogP contribution >= 0.6 is 0 Å². The Kier molecular flexibility index (Phi) is 2.31. The highest BCUT2D eigenvalue weighted by Crippen LogP contribution is 2.27. The largest absolute Gasteiger partial charge is 0.433 e. The molecule has 0 fully saturated rings. The van der Waals surface area contributed by atoms with Gasteiger partial charge in [0.2, 0.25) is 0 Å². The molecule has 0 radical (unpaired) electrons. The van der Waals surface area contributed by atoms with Crippen molar-refractivity contribution in [2.45, 2.75) is 6.18 Å². The lowest BCUT2D eigenvalue weighted by molar-refractivity contribution is -0.141. The molecule has 1 rings (SSSR count). The van der Waals surface area contributed by atoms with Gasteiger partial charge in [-0.2, -0.15) is 13.2 Å². The van der Waals surface area contributed by atoms with E-state index in [1.54, 1.807) is 0 Å². The molecule has 0 atom stereocenters. The van der Waals surface area contributed by atoms with E-state index in [0.29, 0.717) is 6.07 Å². The summed E-state index contributed by atoms with van der Waals surface area (Å²) in [6, 6.07) is 0.856. The summed E-state index contributed by atoms with van der Waals surface area (Å²) in [6.07, 6.45) is -4.68. The van der Waals surface area contributed by atoms with Crippen LogP contribution in [-0.2, 0) is 6.18 Å². The first-order chi connectivity index (χ1) is 5.93. The number of aldehydes is 1. The highest BCUT2D eigenvalue weighted by molar-refractivity contribution is 5.71. The minimum Gasteiger partial charge on any atom is -0.296 e. The molecular formula is C7H3F4NO. The lowest BCUT2D eigenvalue weighted by Crippen LogP contribution is -2.09. The number of hydrogen-bond donors (Lipinski definition) is 0. The Morgan fingerprint density at radius 1 is 1.31 bits per heavy atom. The summed E-state index contributed by atoms with van der Waals surface area (Å²) in [7, 11) is 0. The zero-order chi connectivity index (χ0) is 10.1. The second-order valence-electron chi connectivity index (χ2n) is 2.21. The molecule has 0 saturated carbocycles. The van der Waals surface area contributed by atoms with E-state index in [2.05, 4.69) is 4.98 Å². The molecule has 2 nitrogen and oxygen atoms in total. The smallest absolute Gasteiger partial charge is 0.296 e. The number of nitrogens with zero attached hydrogens (tertiary/aromatic N) is 1. The Labute approximate surface area is 70.2 Å². The molecule has 70 valence electrons. The summed E-state index contributed by atoms with van der Waals surface area (Å²) in [6.45, 7) is 0. The van der Waals surface area contributed by atoms with E-state index in [0.717, 1.165) is 0 Å². The third kappa shape index (κ3) is 2.24. The molecule has 13 heavy (non-hydrogen) atoms. The van der Waals surface area contributed by atoms with Crippen LogP contribution in [0.25, 0.3) is 0 Å². The lowest BCUT2D eigenvalue weighted by Gasteiger charge is -2.05. The summed E-state index contributed by atoms with van der Waals surface area (Å²) in [5, 5.41) is 0. The zero-order valence-electron chi connectivity index (χ0n) is 6.10. The van der Waals surface area contributed by atoms with E-state index in [9.17, 15) is 22.4 Å². The molecule has 6 heteroatoms. The fourth-order valence-corrected chi connectivity index (χ4v) is 0.723. The predicted molar refractivity (Wildman–Crippen MR) is 34.6 cm³/mol. The van der Waals surface area contributed by atoms with Crippen LogP contribution in [0.5, 0.6) is 0 Å².